The van der Waals surface area contributed by atoms with Crippen LogP contribution in [0.15, 0.2) is 18.2 Å². The second-order valence-electron chi connectivity index (χ2n) is 6.21. The molecule has 1 fully saturated rings. The molecule has 6 heteroatoms. The number of hydrogen-bond donors (Lipinski definition) is 1. The number of likely N-dealkylation sites (tertiary alicyclic amines) is 1. The van der Waals surface area contributed by atoms with Gasteiger partial charge in [-0.05, 0) is 50.9 Å². The molecule has 1 aliphatic heterocycles. The minimum atomic E-state index is 0. The van der Waals surface area contributed by atoms with Crippen molar-refractivity contribution < 1.29 is 14.3 Å². The molecule has 0 aromatic heterocycles. The van der Waals surface area contributed by atoms with Crippen molar-refractivity contribution in [2.45, 2.75) is 45.6 Å². The van der Waals surface area contributed by atoms with Gasteiger partial charge < -0.3 is 19.7 Å². The molecule has 1 N–H and O–H groups in total. The first-order chi connectivity index (χ1) is 11.7. The van der Waals surface area contributed by atoms with Gasteiger partial charge in [0.05, 0.1) is 13.2 Å². The minimum absolute atomic E-state index is 0. The third-order valence-electron chi connectivity index (χ3n) is 4.19. The van der Waals surface area contributed by atoms with Crippen molar-refractivity contribution in [1.29, 1.82) is 0 Å². The zero-order valence-corrected chi connectivity index (χ0v) is 16.4. The number of carbonyl (C=O) groups excluding carboxylic acids is 1. The van der Waals surface area contributed by atoms with Crippen molar-refractivity contribution in [3.05, 3.63) is 23.8 Å². The zero-order chi connectivity index (χ0) is 17.4. The first kappa shape index (κ1) is 21.6. The van der Waals surface area contributed by atoms with Crippen LogP contribution in [0.3, 0.4) is 0 Å². The summed E-state index contributed by atoms with van der Waals surface area (Å²) in [6, 6.07) is 5.81. The Hall–Kier alpha value is -1.46. The average molecular weight is 371 g/mol. The van der Waals surface area contributed by atoms with E-state index in [2.05, 4.69) is 19.2 Å². The van der Waals surface area contributed by atoms with Crippen LogP contribution in [0.2, 0.25) is 0 Å². The largest absolute Gasteiger partial charge is 0.490 e. The second-order valence-corrected chi connectivity index (χ2v) is 6.21. The van der Waals surface area contributed by atoms with E-state index in [1.54, 1.807) is 0 Å². The van der Waals surface area contributed by atoms with Gasteiger partial charge >= 0.3 is 0 Å². The molecule has 142 valence electrons. The molecule has 0 radical (unpaired) electrons. The average Bonchev–Trinajstić information content (AvgIpc) is 3.06. The molecule has 5 nitrogen and oxygen atoms in total. The third-order valence-corrected chi connectivity index (χ3v) is 4.19. The Bertz CT molecular complexity index is 539. The van der Waals surface area contributed by atoms with Crippen LogP contribution in [0.4, 0.5) is 0 Å². The van der Waals surface area contributed by atoms with Crippen LogP contribution < -0.4 is 14.8 Å². The van der Waals surface area contributed by atoms with E-state index < -0.39 is 0 Å². The van der Waals surface area contributed by atoms with E-state index in [1.165, 1.54) is 0 Å². The first-order valence-electron chi connectivity index (χ1n) is 9.06. The van der Waals surface area contributed by atoms with Gasteiger partial charge in [0.15, 0.2) is 11.5 Å². The molecule has 1 unspecified atom stereocenters. The second kappa shape index (κ2) is 11.2. The lowest BCUT2D eigenvalue weighted by Gasteiger charge is -2.25. The van der Waals surface area contributed by atoms with Gasteiger partial charge in [0.1, 0.15) is 0 Å². The van der Waals surface area contributed by atoms with Crippen LogP contribution in [0.25, 0.3) is 0 Å². The van der Waals surface area contributed by atoms with E-state index in [-0.39, 0.29) is 24.4 Å². The van der Waals surface area contributed by atoms with Crippen molar-refractivity contribution in [2.75, 3.05) is 33.4 Å². The van der Waals surface area contributed by atoms with E-state index in [9.17, 15) is 4.79 Å². The quantitative estimate of drug-likeness (QED) is 0.722. The lowest BCUT2D eigenvalue weighted by Crippen LogP contribution is -2.40. The molecule has 0 bridgehead atoms. The summed E-state index contributed by atoms with van der Waals surface area (Å²) in [5, 5.41) is 3.18. The number of nitrogens with one attached hydrogen (secondary N) is 1. The van der Waals surface area contributed by atoms with Crippen LogP contribution in [0.1, 0.15) is 49.9 Å². The van der Waals surface area contributed by atoms with Crippen molar-refractivity contribution in [2.24, 2.45) is 0 Å². The maximum atomic E-state index is 12.9. The number of ether oxygens (including phenoxy) is 2. The van der Waals surface area contributed by atoms with Gasteiger partial charge in [0.25, 0.3) is 5.91 Å². The van der Waals surface area contributed by atoms with Crippen LogP contribution in [-0.2, 0) is 0 Å². The van der Waals surface area contributed by atoms with Crippen LogP contribution in [0, 0.1) is 0 Å². The van der Waals surface area contributed by atoms with E-state index in [0.29, 0.717) is 24.5 Å². The fraction of sp³-hybridized carbons (Fsp3) is 0.632. The highest BCUT2D eigenvalue weighted by atomic mass is 35.5. The summed E-state index contributed by atoms with van der Waals surface area (Å²) in [7, 11) is 1.93. The van der Waals surface area contributed by atoms with E-state index in [1.807, 2.05) is 30.1 Å². The normalized spacial score (nSPS) is 16.4. The van der Waals surface area contributed by atoms with Gasteiger partial charge in [-0.1, -0.05) is 13.8 Å². The molecule has 1 saturated heterocycles. The molecule has 0 aliphatic carbocycles. The van der Waals surface area contributed by atoms with Crippen molar-refractivity contribution >= 4 is 18.3 Å². The van der Waals surface area contributed by atoms with Crippen molar-refractivity contribution in [3.8, 4) is 11.5 Å². The molecule has 1 aromatic rings. The number of rotatable bonds is 9. The molecule has 1 amide bonds. The van der Waals surface area contributed by atoms with E-state index in [4.69, 9.17) is 9.47 Å². The SMILES string of the molecule is CCCOc1ccc(C(=O)N2CCCC2CNC)cc1OCCC.Cl. The van der Waals surface area contributed by atoms with Crippen LogP contribution >= 0.6 is 12.4 Å². The topological polar surface area (TPSA) is 50.8 Å². The molecule has 1 aromatic carbocycles. The molecule has 1 heterocycles. The maximum absolute atomic E-state index is 12.9. The Labute approximate surface area is 157 Å². The fourth-order valence-electron chi connectivity index (χ4n) is 3.01. The molecule has 25 heavy (non-hydrogen) atoms. The molecule has 0 saturated carbocycles. The van der Waals surface area contributed by atoms with E-state index >= 15 is 0 Å². The molecule has 1 aliphatic rings. The number of nitrogens with zero attached hydrogens (tertiary/aromatic N) is 1. The molecule has 1 atom stereocenters. The molecular formula is C19H31ClN2O3. The number of amides is 1. The van der Waals surface area contributed by atoms with Gasteiger partial charge in [0, 0.05) is 24.7 Å². The van der Waals surface area contributed by atoms with Gasteiger partial charge in [-0.15, -0.1) is 12.4 Å². The summed E-state index contributed by atoms with van der Waals surface area (Å²) in [5.74, 6) is 1.46. The summed E-state index contributed by atoms with van der Waals surface area (Å²) >= 11 is 0. The lowest BCUT2D eigenvalue weighted by molar-refractivity contribution is 0.0736. The summed E-state index contributed by atoms with van der Waals surface area (Å²) in [5.41, 5.74) is 0.674. The standard InChI is InChI=1S/C19H30N2O3.ClH/c1-4-11-23-17-9-8-15(13-18(17)24-12-5-2)19(22)21-10-6-7-16(21)14-20-3;/h8-9,13,16,20H,4-7,10-12,14H2,1-3H3;1H. The van der Waals surface area contributed by atoms with Gasteiger partial charge in [-0.2, -0.15) is 0 Å². The Morgan fingerprint density at radius 3 is 2.52 bits per heavy atom. The zero-order valence-electron chi connectivity index (χ0n) is 15.5. The lowest BCUT2D eigenvalue weighted by atomic mass is 10.1. The fourth-order valence-corrected chi connectivity index (χ4v) is 3.01. The number of halogens is 1. The smallest absolute Gasteiger partial charge is 0.254 e. The van der Waals surface area contributed by atoms with Crippen LogP contribution in [0.5, 0.6) is 11.5 Å². The predicted molar refractivity (Wildman–Crippen MR) is 103 cm³/mol. The third kappa shape index (κ3) is 5.79. The number of benzene rings is 1. The molecule has 0 spiro atoms. The molecule has 2 rings (SSSR count). The summed E-state index contributed by atoms with van der Waals surface area (Å²) in [4.78, 5) is 14.9. The van der Waals surface area contributed by atoms with E-state index in [0.717, 1.165) is 44.5 Å². The number of carbonyl (C=O) groups is 1. The Morgan fingerprint density at radius 1 is 1.20 bits per heavy atom. The van der Waals surface area contributed by atoms with Crippen LogP contribution in [-0.4, -0.2) is 50.2 Å². The monoisotopic (exact) mass is 370 g/mol. The molecular weight excluding hydrogens is 340 g/mol. The first-order valence-corrected chi connectivity index (χ1v) is 9.06. The highest BCUT2D eigenvalue weighted by Gasteiger charge is 2.29. The minimum Gasteiger partial charge on any atom is -0.490 e. The summed E-state index contributed by atoms with van der Waals surface area (Å²) < 4.78 is 11.5. The summed E-state index contributed by atoms with van der Waals surface area (Å²) in [6.45, 7) is 7.05. The summed E-state index contributed by atoms with van der Waals surface area (Å²) in [6.07, 6.45) is 3.98. The highest BCUT2D eigenvalue weighted by Crippen LogP contribution is 2.30. The predicted octanol–water partition coefficient (Wildman–Crippen LogP) is 3.51. The number of hydrogen-bond acceptors (Lipinski definition) is 4. The highest BCUT2D eigenvalue weighted by molar-refractivity contribution is 5.95. The Balaban J connectivity index is 0.00000312. The maximum Gasteiger partial charge on any atom is 0.254 e. The number of likely N-dealkylation sites (N-methyl/N-ethyl adjacent to an activating group) is 1. The van der Waals surface area contributed by atoms with Gasteiger partial charge in [-0.3, -0.25) is 4.79 Å². The Kier molecular flexibility index (Phi) is 9.68. The van der Waals surface area contributed by atoms with Crippen molar-refractivity contribution in [3.63, 3.8) is 0 Å². The van der Waals surface area contributed by atoms with Gasteiger partial charge in [-0.25, -0.2) is 0 Å². The van der Waals surface area contributed by atoms with Gasteiger partial charge in [0.2, 0.25) is 0 Å². The Morgan fingerprint density at radius 2 is 1.88 bits per heavy atom. The van der Waals surface area contributed by atoms with Crippen molar-refractivity contribution in [1.82, 2.24) is 10.2 Å².